The molecule has 7 heteroatoms. The van der Waals surface area contributed by atoms with Crippen LogP contribution in [0.1, 0.15) is 29.6 Å². The number of nitrogens with two attached hydrogens (primary N) is 2. The van der Waals surface area contributed by atoms with Crippen molar-refractivity contribution < 1.29 is 9.72 Å². The van der Waals surface area contributed by atoms with Gasteiger partial charge in [-0.25, -0.2) is 0 Å². The topological polar surface area (TPSA) is 115 Å². The Morgan fingerprint density at radius 2 is 2.20 bits per heavy atom. The zero-order valence-electron chi connectivity index (χ0n) is 11.1. The van der Waals surface area contributed by atoms with Gasteiger partial charge in [-0.15, -0.1) is 0 Å². The number of hydrogen-bond donors (Lipinski definition) is 2. The van der Waals surface area contributed by atoms with Gasteiger partial charge in [0, 0.05) is 31.3 Å². The van der Waals surface area contributed by atoms with Crippen LogP contribution in [0.25, 0.3) is 0 Å². The number of rotatable bonds is 4. The van der Waals surface area contributed by atoms with Crippen molar-refractivity contribution in [1.29, 1.82) is 0 Å². The molecule has 1 saturated heterocycles. The highest BCUT2D eigenvalue weighted by atomic mass is 16.6. The lowest BCUT2D eigenvalue weighted by Crippen LogP contribution is -2.45. The number of anilines is 1. The van der Waals surface area contributed by atoms with E-state index in [9.17, 15) is 14.9 Å². The van der Waals surface area contributed by atoms with E-state index >= 15 is 0 Å². The summed E-state index contributed by atoms with van der Waals surface area (Å²) in [7, 11) is 0. The van der Waals surface area contributed by atoms with Crippen LogP contribution in [0, 0.1) is 10.1 Å². The molecule has 108 valence electrons. The summed E-state index contributed by atoms with van der Waals surface area (Å²) in [5.41, 5.74) is 11.8. The van der Waals surface area contributed by atoms with Gasteiger partial charge >= 0.3 is 0 Å². The van der Waals surface area contributed by atoms with Gasteiger partial charge in [0.25, 0.3) is 11.6 Å². The maximum absolute atomic E-state index is 11.6. The molecule has 0 aromatic heterocycles. The number of piperidine rings is 1. The maximum atomic E-state index is 11.6. The summed E-state index contributed by atoms with van der Waals surface area (Å²) in [4.78, 5) is 23.9. The summed E-state index contributed by atoms with van der Waals surface area (Å²) in [5.74, 6) is -0.662. The number of amides is 1. The number of nitro groups is 1. The van der Waals surface area contributed by atoms with Crippen molar-refractivity contribution in [3.63, 3.8) is 0 Å². The van der Waals surface area contributed by atoms with Gasteiger partial charge in [-0.3, -0.25) is 14.9 Å². The lowest BCUT2D eigenvalue weighted by atomic mass is 9.99. The second-order valence-electron chi connectivity index (χ2n) is 4.90. The molecule has 2 rings (SSSR count). The van der Waals surface area contributed by atoms with Gasteiger partial charge < -0.3 is 16.4 Å². The number of nitrogens with zero attached hydrogens (tertiary/aromatic N) is 2. The van der Waals surface area contributed by atoms with E-state index in [1.807, 2.05) is 4.90 Å². The molecule has 1 atom stereocenters. The first-order valence-corrected chi connectivity index (χ1v) is 6.59. The standard InChI is InChI=1S/C13H18N4O3/c14-8-10-3-1-2-6-16(10)12-5-4-9(17(19)20)7-11(12)13(15)18/h4-5,7,10H,1-3,6,8,14H2,(H2,15,18). The molecule has 4 N–H and O–H groups in total. The molecule has 0 bridgehead atoms. The Morgan fingerprint density at radius 1 is 1.45 bits per heavy atom. The highest BCUT2D eigenvalue weighted by Crippen LogP contribution is 2.30. The molecule has 0 aliphatic carbocycles. The van der Waals surface area contributed by atoms with Gasteiger partial charge in [0.1, 0.15) is 0 Å². The first-order chi connectivity index (χ1) is 9.54. The fourth-order valence-corrected chi connectivity index (χ4v) is 2.65. The second-order valence-corrected chi connectivity index (χ2v) is 4.90. The van der Waals surface area contributed by atoms with E-state index in [0.29, 0.717) is 12.2 Å². The second kappa shape index (κ2) is 5.87. The third kappa shape index (κ3) is 2.72. The Hall–Kier alpha value is -2.15. The SMILES string of the molecule is NCC1CCCCN1c1ccc([N+](=O)[O-])cc1C(N)=O. The lowest BCUT2D eigenvalue weighted by molar-refractivity contribution is -0.384. The number of carbonyl (C=O) groups is 1. The van der Waals surface area contributed by atoms with Crippen molar-refractivity contribution in [3.8, 4) is 0 Å². The minimum atomic E-state index is -0.662. The largest absolute Gasteiger partial charge is 0.367 e. The van der Waals surface area contributed by atoms with Crippen LogP contribution in [0.5, 0.6) is 0 Å². The van der Waals surface area contributed by atoms with E-state index < -0.39 is 10.8 Å². The molecule has 20 heavy (non-hydrogen) atoms. The van der Waals surface area contributed by atoms with Crippen LogP contribution < -0.4 is 16.4 Å². The predicted molar refractivity (Wildman–Crippen MR) is 75.7 cm³/mol. The van der Waals surface area contributed by atoms with Gasteiger partial charge in [0.05, 0.1) is 16.2 Å². The fourth-order valence-electron chi connectivity index (χ4n) is 2.65. The van der Waals surface area contributed by atoms with Gasteiger partial charge in [0.2, 0.25) is 0 Å². The van der Waals surface area contributed by atoms with Crippen LogP contribution in [-0.2, 0) is 0 Å². The summed E-state index contributed by atoms with van der Waals surface area (Å²) >= 11 is 0. The summed E-state index contributed by atoms with van der Waals surface area (Å²) in [6.45, 7) is 1.26. The van der Waals surface area contributed by atoms with Crippen LogP contribution in [0.3, 0.4) is 0 Å². The first kappa shape index (κ1) is 14.3. The van der Waals surface area contributed by atoms with Crippen molar-refractivity contribution in [3.05, 3.63) is 33.9 Å². The molecule has 1 amide bonds. The third-order valence-corrected chi connectivity index (χ3v) is 3.67. The normalized spacial score (nSPS) is 18.9. The van der Waals surface area contributed by atoms with Gasteiger partial charge in [-0.2, -0.15) is 0 Å². The van der Waals surface area contributed by atoms with Crippen molar-refractivity contribution in [2.75, 3.05) is 18.0 Å². The Kier molecular flexibility index (Phi) is 4.19. The molecule has 1 aliphatic rings. The highest BCUT2D eigenvalue weighted by Gasteiger charge is 2.26. The molecule has 0 saturated carbocycles. The number of non-ortho nitro benzene ring substituents is 1. The van der Waals surface area contributed by atoms with Gasteiger partial charge in [-0.1, -0.05) is 0 Å². The monoisotopic (exact) mass is 278 g/mol. The Morgan fingerprint density at radius 3 is 2.80 bits per heavy atom. The minimum absolute atomic E-state index is 0.135. The molecule has 1 heterocycles. The van der Waals surface area contributed by atoms with Crippen LogP contribution in [-0.4, -0.2) is 30.0 Å². The smallest absolute Gasteiger partial charge is 0.270 e. The molecule has 7 nitrogen and oxygen atoms in total. The van der Waals surface area contributed by atoms with E-state index in [1.165, 1.54) is 12.1 Å². The van der Waals surface area contributed by atoms with Crippen molar-refractivity contribution >= 4 is 17.3 Å². The van der Waals surface area contributed by atoms with E-state index in [2.05, 4.69) is 0 Å². The number of benzene rings is 1. The lowest BCUT2D eigenvalue weighted by Gasteiger charge is -2.37. The summed E-state index contributed by atoms with van der Waals surface area (Å²) in [5, 5.41) is 10.8. The molecule has 1 aromatic carbocycles. The Bertz CT molecular complexity index is 532. The molecule has 1 aliphatic heterocycles. The van der Waals surface area contributed by atoms with Crippen molar-refractivity contribution in [2.24, 2.45) is 11.5 Å². The zero-order chi connectivity index (χ0) is 14.7. The van der Waals surface area contributed by atoms with Crippen molar-refractivity contribution in [2.45, 2.75) is 25.3 Å². The molecule has 1 fully saturated rings. The molecule has 0 spiro atoms. The summed E-state index contributed by atoms with van der Waals surface area (Å²) < 4.78 is 0. The highest BCUT2D eigenvalue weighted by molar-refractivity contribution is 5.99. The molecule has 1 aromatic rings. The first-order valence-electron chi connectivity index (χ1n) is 6.59. The number of hydrogen-bond acceptors (Lipinski definition) is 5. The Balaban J connectivity index is 2.44. The number of nitro benzene ring substituents is 1. The minimum Gasteiger partial charge on any atom is -0.367 e. The summed E-state index contributed by atoms with van der Waals surface area (Å²) in [6, 6.07) is 4.36. The van der Waals surface area contributed by atoms with E-state index in [1.54, 1.807) is 6.07 Å². The quantitative estimate of drug-likeness (QED) is 0.630. The number of carbonyl (C=O) groups excluding carboxylic acids is 1. The average Bonchev–Trinajstić information content (AvgIpc) is 2.46. The Labute approximate surface area is 116 Å². The molecule has 0 radical (unpaired) electrons. The molecular weight excluding hydrogens is 260 g/mol. The van der Waals surface area contributed by atoms with E-state index in [0.717, 1.165) is 25.8 Å². The van der Waals surface area contributed by atoms with Crippen LogP contribution in [0.15, 0.2) is 18.2 Å². The third-order valence-electron chi connectivity index (χ3n) is 3.67. The number of primary amides is 1. The van der Waals surface area contributed by atoms with E-state index in [4.69, 9.17) is 11.5 Å². The maximum Gasteiger partial charge on any atom is 0.270 e. The fraction of sp³-hybridized carbons (Fsp3) is 0.462. The average molecular weight is 278 g/mol. The molecular formula is C13H18N4O3. The van der Waals surface area contributed by atoms with Crippen molar-refractivity contribution in [1.82, 2.24) is 0 Å². The predicted octanol–water partition coefficient (Wildman–Crippen LogP) is 1.01. The zero-order valence-corrected chi connectivity index (χ0v) is 11.1. The van der Waals surface area contributed by atoms with E-state index in [-0.39, 0.29) is 17.3 Å². The van der Waals surface area contributed by atoms with Gasteiger partial charge in [0.15, 0.2) is 0 Å². The summed E-state index contributed by atoms with van der Waals surface area (Å²) in [6.07, 6.45) is 3.05. The van der Waals surface area contributed by atoms with Crippen LogP contribution in [0.4, 0.5) is 11.4 Å². The molecule has 1 unspecified atom stereocenters. The van der Waals surface area contributed by atoms with Crippen LogP contribution >= 0.6 is 0 Å². The van der Waals surface area contributed by atoms with Gasteiger partial charge in [-0.05, 0) is 25.3 Å². The van der Waals surface area contributed by atoms with Crippen LogP contribution in [0.2, 0.25) is 0 Å².